The van der Waals surface area contributed by atoms with Crippen molar-refractivity contribution in [2.45, 2.75) is 0 Å². The Morgan fingerprint density at radius 2 is 1.66 bits per heavy atom. The van der Waals surface area contributed by atoms with E-state index < -0.39 is 16.5 Å². The van der Waals surface area contributed by atoms with Crippen LogP contribution >= 0.6 is 23.2 Å². The number of rotatable bonds is 6. The molecule has 32 heavy (non-hydrogen) atoms. The second-order valence-corrected chi connectivity index (χ2v) is 7.29. The summed E-state index contributed by atoms with van der Waals surface area (Å²) in [6.07, 6.45) is 1.11. The number of nitrogens with one attached hydrogen (secondary N) is 3. The van der Waals surface area contributed by atoms with Crippen molar-refractivity contribution in [2.75, 3.05) is 10.7 Å². The van der Waals surface area contributed by atoms with Crippen molar-refractivity contribution < 1.29 is 9.72 Å². The number of amides is 1. The molecule has 9 nitrogen and oxygen atoms in total. The molecule has 0 aliphatic carbocycles. The molecule has 0 aliphatic heterocycles. The molecular formula is C21H14Cl2N6O3. The van der Waals surface area contributed by atoms with Crippen molar-refractivity contribution in [3.63, 3.8) is 0 Å². The van der Waals surface area contributed by atoms with Crippen LogP contribution in [-0.2, 0) is 0 Å². The fourth-order valence-corrected chi connectivity index (χ4v) is 3.42. The van der Waals surface area contributed by atoms with Gasteiger partial charge in [0, 0.05) is 5.56 Å². The number of hydrogen-bond donors (Lipinski definition) is 3. The number of anilines is 3. The average molecular weight is 469 g/mol. The van der Waals surface area contributed by atoms with Gasteiger partial charge in [-0.2, -0.15) is 0 Å². The van der Waals surface area contributed by atoms with E-state index in [9.17, 15) is 14.9 Å². The van der Waals surface area contributed by atoms with Crippen LogP contribution in [0.4, 0.5) is 23.0 Å². The highest BCUT2D eigenvalue weighted by Crippen LogP contribution is 2.35. The van der Waals surface area contributed by atoms with Crippen LogP contribution in [0.3, 0.4) is 0 Å². The van der Waals surface area contributed by atoms with E-state index in [1.54, 1.807) is 30.3 Å². The van der Waals surface area contributed by atoms with Crippen LogP contribution < -0.4 is 16.2 Å². The lowest BCUT2D eigenvalue weighted by Crippen LogP contribution is -2.30. The van der Waals surface area contributed by atoms with Crippen LogP contribution in [0.15, 0.2) is 67.0 Å². The molecule has 0 atom stereocenters. The van der Waals surface area contributed by atoms with Gasteiger partial charge < -0.3 is 5.32 Å². The summed E-state index contributed by atoms with van der Waals surface area (Å²) < 4.78 is 0. The van der Waals surface area contributed by atoms with Gasteiger partial charge in [-0.3, -0.25) is 25.8 Å². The molecule has 11 heteroatoms. The Morgan fingerprint density at radius 1 is 0.938 bits per heavy atom. The third-order valence-corrected chi connectivity index (χ3v) is 5.36. The first kappa shape index (κ1) is 21.3. The molecule has 0 spiro atoms. The van der Waals surface area contributed by atoms with Gasteiger partial charge in [0.15, 0.2) is 0 Å². The van der Waals surface area contributed by atoms with Crippen molar-refractivity contribution in [1.82, 2.24) is 15.4 Å². The first-order valence-electron chi connectivity index (χ1n) is 9.20. The predicted octanol–water partition coefficient (Wildman–Crippen LogP) is 5.35. The van der Waals surface area contributed by atoms with Gasteiger partial charge in [-0.1, -0.05) is 65.7 Å². The number of benzene rings is 3. The summed E-state index contributed by atoms with van der Waals surface area (Å²) in [5, 5.41) is 16.6. The van der Waals surface area contributed by atoms with Gasteiger partial charge in [-0.25, -0.2) is 9.97 Å². The van der Waals surface area contributed by atoms with E-state index in [1.807, 2.05) is 30.3 Å². The number of carbonyl (C=O) groups excluding carboxylic acids is 1. The number of fused-ring (bicyclic) bond motifs is 1. The SMILES string of the molecule is O=C(NNc1ncnc(Nc2cccc(Cl)c2Cl)c1[N+](=O)[O-])c1cccc2ccccc12. The molecule has 0 unspecified atom stereocenters. The van der Waals surface area contributed by atoms with E-state index in [2.05, 4.69) is 26.1 Å². The van der Waals surface area contributed by atoms with E-state index in [4.69, 9.17) is 23.2 Å². The smallest absolute Gasteiger partial charge is 0.333 e. The fraction of sp³-hybridized carbons (Fsp3) is 0. The summed E-state index contributed by atoms with van der Waals surface area (Å²) in [5.41, 5.74) is 5.21. The Labute approximate surface area is 191 Å². The lowest BCUT2D eigenvalue weighted by molar-refractivity contribution is -0.383. The highest BCUT2D eigenvalue weighted by molar-refractivity contribution is 6.43. The Hall–Kier alpha value is -3.95. The molecule has 1 heterocycles. The molecule has 0 aliphatic rings. The topological polar surface area (TPSA) is 122 Å². The molecule has 3 N–H and O–H groups in total. The Kier molecular flexibility index (Phi) is 6.02. The summed E-state index contributed by atoms with van der Waals surface area (Å²) >= 11 is 12.2. The predicted molar refractivity (Wildman–Crippen MR) is 123 cm³/mol. The molecule has 0 bridgehead atoms. The highest BCUT2D eigenvalue weighted by atomic mass is 35.5. The summed E-state index contributed by atoms with van der Waals surface area (Å²) in [7, 11) is 0. The largest absolute Gasteiger partial charge is 0.355 e. The van der Waals surface area contributed by atoms with Crippen LogP contribution in [0, 0.1) is 10.1 Å². The number of hydrogen-bond acceptors (Lipinski definition) is 7. The molecule has 0 fully saturated rings. The zero-order valence-electron chi connectivity index (χ0n) is 16.2. The molecule has 4 rings (SSSR count). The molecule has 3 aromatic carbocycles. The third kappa shape index (κ3) is 4.25. The Bertz CT molecular complexity index is 1340. The van der Waals surface area contributed by atoms with Crippen molar-refractivity contribution in [3.8, 4) is 0 Å². The van der Waals surface area contributed by atoms with Gasteiger partial charge in [-0.15, -0.1) is 0 Å². The van der Waals surface area contributed by atoms with Crippen LogP contribution in [0.25, 0.3) is 10.8 Å². The maximum atomic E-state index is 12.7. The number of nitrogens with zero attached hydrogens (tertiary/aromatic N) is 3. The van der Waals surface area contributed by atoms with Gasteiger partial charge in [0.2, 0.25) is 11.6 Å². The molecular weight excluding hydrogens is 455 g/mol. The van der Waals surface area contributed by atoms with Crippen molar-refractivity contribution in [3.05, 3.63) is 92.7 Å². The van der Waals surface area contributed by atoms with Gasteiger partial charge >= 0.3 is 5.69 Å². The zero-order chi connectivity index (χ0) is 22.7. The standard InChI is InChI=1S/C21H14Cl2N6O3/c22-15-9-4-10-16(17(15)23)26-19-18(29(31)32)20(25-11-24-19)27-28-21(30)14-8-3-6-12-5-1-2-7-13(12)14/h1-11H,(H,28,30)(H2,24,25,26,27). The second-order valence-electron chi connectivity index (χ2n) is 6.51. The van der Waals surface area contributed by atoms with E-state index >= 15 is 0 Å². The fourth-order valence-electron chi connectivity index (χ4n) is 3.07. The van der Waals surface area contributed by atoms with Crippen molar-refractivity contribution >= 4 is 62.9 Å². The Balaban J connectivity index is 1.61. The molecule has 0 saturated carbocycles. The van der Waals surface area contributed by atoms with Crippen LogP contribution in [0.1, 0.15) is 10.4 Å². The summed E-state index contributed by atoms with van der Waals surface area (Å²) in [5.74, 6) is -0.822. The van der Waals surface area contributed by atoms with E-state index in [-0.39, 0.29) is 21.7 Å². The monoisotopic (exact) mass is 468 g/mol. The van der Waals surface area contributed by atoms with Gasteiger partial charge in [0.25, 0.3) is 5.91 Å². The normalized spacial score (nSPS) is 10.6. The molecule has 160 valence electrons. The minimum absolute atomic E-state index is 0.129. The Morgan fingerprint density at radius 3 is 2.47 bits per heavy atom. The number of hydrazine groups is 1. The lowest BCUT2D eigenvalue weighted by Gasteiger charge is -2.12. The van der Waals surface area contributed by atoms with Crippen LogP contribution in [0.5, 0.6) is 0 Å². The van der Waals surface area contributed by atoms with Crippen LogP contribution in [0.2, 0.25) is 10.0 Å². The first-order chi connectivity index (χ1) is 15.5. The zero-order valence-corrected chi connectivity index (χ0v) is 17.7. The van der Waals surface area contributed by atoms with Gasteiger partial charge in [0.1, 0.15) is 6.33 Å². The molecule has 1 amide bonds. The molecule has 1 aromatic heterocycles. The maximum absolute atomic E-state index is 12.7. The van der Waals surface area contributed by atoms with Gasteiger partial charge in [-0.05, 0) is 29.0 Å². The number of carbonyl (C=O) groups is 1. The quantitative estimate of drug-likeness (QED) is 0.257. The number of aromatic nitrogens is 2. The summed E-state index contributed by atoms with van der Waals surface area (Å²) in [4.78, 5) is 31.6. The highest BCUT2D eigenvalue weighted by Gasteiger charge is 2.24. The first-order valence-corrected chi connectivity index (χ1v) is 9.96. The number of nitro groups is 1. The minimum atomic E-state index is -0.673. The molecule has 0 radical (unpaired) electrons. The lowest BCUT2D eigenvalue weighted by atomic mass is 10.0. The molecule has 0 saturated heterocycles. The summed E-state index contributed by atoms with van der Waals surface area (Å²) in [6, 6.07) is 17.5. The van der Waals surface area contributed by atoms with Gasteiger partial charge in [0.05, 0.1) is 20.7 Å². The average Bonchev–Trinajstić information content (AvgIpc) is 2.80. The number of halogens is 2. The third-order valence-electron chi connectivity index (χ3n) is 4.54. The van der Waals surface area contributed by atoms with E-state index in [0.717, 1.165) is 17.1 Å². The maximum Gasteiger partial charge on any atom is 0.355 e. The van der Waals surface area contributed by atoms with E-state index in [1.165, 1.54) is 0 Å². The van der Waals surface area contributed by atoms with Crippen LogP contribution in [-0.4, -0.2) is 20.8 Å². The second kappa shape index (κ2) is 9.04. The summed E-state index contributed by atoms with van der Waals surface area (Å²) in [6.45, 7) is 0. The minimum Gasteiger partial charge on any atom is -0.333 e. The van der Waals surface area contributed by atoms with E-state index in [0.29, 0.717) is 11.3 Å². The van der Waals surface area contributed by atoms with Crippen molar-refractivity contribution in [2.24, 2.45) is 0 Å². The van der Waals surface area contributed by atoms with Crippen molar-refractivity contribution in [1.29, 1.82) is 0 Å². The molecule has 4 aromatic rings.